The third kappa shape index (κ3) is 6.25. The summed E-state index contributed by atoms with van der Waals surface area (Å²) in [6.45, 7) is 14.0. The van der Waals surface area contributed by atoms with Crippen LogP contribution in [0.25, 0.3) is 0 Å². The third-order valence-electron chi connectivity index (χ3n) is 7.84. The van der Waals surface area contributed by atoms with Crippen LogP contribution in [0.4, 0.5) is 10.5 Å². The third-order valence-corrected chi connectivity index (χ3v) is 7.84. The number of hydrogen-bond donors (Lipinski definition) is 2. The number of benzene rings is 2. The minimum absolute atomic E-state index is 0.0211. The number of morpholine rings is 1. The van der Waals surface area contributed by atoms with Gasteiger partial charge in [0.05, 0.1) is 13.2 Å². The smallest absolute Gasteiger partial charge is 0.319 e. The minimum atomic E-state index is -0.102. The Morgan fingerprint density at radius 2 is 1.54 bits per heavy atom. The molecule has 4 rings (SSSR count). The molecular formula is C30H43N3O2. The predicted molar refractivity (Wildman–Crippen MR) is 144 cm³/mol. The SMILES string of the molecule is CC(C)c1cccc(C(C)C)c1NC(=O)NCC1(c2ccc(CN3CCOCC3)cc2)CCCC1. The van der Waals surface area contributed by atoms with Gasteiger partial charge in [-0.2, -0.15) is 0 Å². The van der Waals surface area contributed by atoms with E-state index in [1.54, 1.807) is 0 Å². The molecule has 2 amide bonds. The van der Waals surface area contributed by atoms with Gasteiger partial charge in [-0.3, -0.25) is 4.90 Å². The molecule has 190 valence electrons. The number of para-hydroxylation sites is 1. The van der Waals surface area contributed by atoms with Crippen molar-refractivity contribution in [2.75, 3.05) is 38.2 Å². The second-order valence-electron chi connectivity index (χ2n) is 11.0. The number of anilines is 1. The molecule has 0 spiro atoms. The summed E-state index contributed by atoms with van der Waals surface area (Å²) in [5.74, 6) is 0.697. The number of carbonyl (C=O) groups excluding carboxylic acids is 1. The van der Waals surface area contributed by atoms with Crippen molar-refractivity contribution < 1.29 is 9.53 Å². The molecule has 5 heteroatoms. The standard InChI is InChI=1S/C30H43N3O2/c1-22(2)26-8-7-9-27(23(3)4)28(26)32-29(34)31-21-30(14-5-6-15-30)25-12-10-24(11-13-25)20-33-16-18-35-19-17-33/h7-13,22-23H,5-6,14-21H2,1-4H3,(H2,31,32,34). The summed E-state index contributed by atoms with van der Waals surface area (Å²) >= 11 is 0. The number of ether oxygens (including phenoxy) is 1. The molecule has 2 aromatic rings. The van der Waals surface area contributed by atoms with Gasteiger partial charge in [-0.25, -0.2) is 4.79 Å². The summed E-state index contributed by atoms with van der Waals surface area (Å²) in [5.41, 5.74) is 6.08. The summed E-state index contributed by atoms with van der Waals surface area (Å²) in [4.78, 5) is 15.6. The van der Waals surface area contributed by atoms with Crippen molar-refractivity contribution in [3.8, 4) is 0 Å². The molecule has 5 nitrogen and oxygen atoms in total. The van der Waals surface area contributed by atoms with Gasteiger partial charge >= 0.3 is 6.03 Å². The highest BCUT2D eigenvalue weighted by Crippen LogP contribution is 2.41. The monoisotopic (exact) mass is 477 g/mol. The lowest BCUT2D eigenvalue weighted by Gasteiger charge is -2.31. The Balaban J connectivity index is 1.43. The Hall–Kier alpha value is -2.37. The molecule has 0 bridgehead atoms. The number of rotatable bonds is 8. The van der Waals surface area contributed by atoms with Crippen molar-refractivity contribution in [1.29, 1.82) is 0 Å². The zero-order valence-corrected chi connectivity index (χ0v) is 22.0. The van der Waals surface area contributed by atoms with Crippen LogP contribution in [0, 0.1) is 0 Å². The van der Waals surface area contributed by atoms with Crippen molar-refractivity contribution in [3.05, 3.63) is 64.7 Å². The van der Waals surface area contributed by atoms with E-state index in [1.165, 1.54) is 35.1 Å². The Morgan fingerprint density at radius 3 is 2.11 bits per heavy atom. The van der Waals surface area contributed by atoms with Crippen molar-refractivity contribution >= 4 is 11.7 Å². The first-order valence-corrected chi connectivity index (χ1v) is 13.5. The van der Waals surface area contributed by atoms with E-state index in [0.717, 1.165) is 51.4 Å². The van der Waals surface area contributed by atoms with Gasteiger partial charge in [0.1, 0.15) is 0 Å². The topological polar surface area (TPSA) is 53.6 Å². The number of carbonyl (C=O) groups is 1. The maximum absolute atomic E-state index is 13.1. The van der Waals surface area contributed by atoms with E-state index in [1.807, 2.05) is 0 Å². The molecular weight excluding hydrogens is 434 g/mol. The summed E-state index contributed by atoms with van der Waals surface area (Å²) < 4.78 is 5.48. The summed E-state index contributed by atoms with van der Waals surface area (Å²) in [6.07, 6.45) is 4.67. The molecule has 1 heterocycles. The fourth-order valence-corrected chi connectivity index (χ4v) is 5.70. The fourth-order valence-electron chi connectivity index (χ4n) is 5.70. The predicted octanol–water partition coefficient (Wildman–Crippen LogP) is 6.40. The average Bonchev–Trinajstić information content (AvgIpc) is 3.34. The summed E-state index contributed by atoms with van der Waals surface area (Å²) in [6, 6.07) is 15.4. The van der Waals surface area contributed by atoms with Gasteiger partial charge < -0.3 is 15.4 Å². The van der Waals surface area contributed by atoms with Crippen LogP contribution >= 0.6 is 0 Å². The zero-order chi connectivity index (χ0) is 24.8. The molecule has 0 atom stereocenters. The van der Waals surface area contributed by atoms with Crippen LogP contribution in [-0.4, -0.2) is 43.8 Å². The molecule has 0 radical (unpaired) electrons. The maximum Gasteiger partial charge on any atom is 0.319 e. The Morgan fingerprint density at radius 1 is 0.943 bits per heavy atom. The quantitative estimate of drug-likeness (QED) is 0.463. The molecule has 0 aromatic heterocycles. The first-order valence-electron chi connectivity index (χ1n) is 13.5. The zero-order valence-electron chi connectivity index (χ0n) is 22.0. The van der Waals surface area contributed by atoms with Gasteiger partial charge in [-0.1, -0.05) is 83.0 Å². The lowest BCUT2D eigenvalue weighted by atomic mass is 9.78. The van der Waals surface area contributed by atoms with Gasteiger partial charge in [0, 0.05) is 37.3 Å². The molecule has 2 N–H and O–H groups in total. The second kappa shape index (κ2) is 11.6. The van der Waals surface area contributed by atoms with Gasteiger partial charge in [-0.15, -0.1) is 0 Å². The number of nitrogens with zero attached hydrogens (tertiary/aromatic N) is 1. The summed E-state index contributed by atoms with van der Waals surface area (Å²) in [5, 5.41) is 6.48. The van der Waals surface area contributed by atoms with Crippen LogP contribution in [-0.2, 0) is 16.7 Å². The van der Waals surface area contributed by atoms with E-state index in [4.69, 9.17) is 4.74 Å². The number of urea groups is 1. The molecule has 0 unspecified atom stereocenters. The van der Waals surface area contributed by atoms with Crippen molar-refractivity contribution in [1.82, 2.24) is 10.2 Å². The lowest BCUT2D eigenvalue weighted by Crippen LogP contribution is -2.41. The first-order chi connectivity index (χ1) is 16.9. The molecule has 2 aromatic carbocycles. The molecule has 1 aliphatic carbocycles. The lowest BCUT2D eigenvalue weighted by molar-refractivity contribution is 0.0342. The van der Waals surface area contributed by atoms with E-state index in [-0.39, 0.29) is 11.4 Å². The normalized spacial score (nSPS) is 18.2. The van der Waals surface area contributed by atoms with Crippen LogP contribution in [0.3, 0.4) is 0 Å². The van der Waals surface area contributed by atoms with Crippen LogP contribution in [0.15, 0.2) is 42.5 Å². The van der Waals surface area contributed by atoms with Crippen LogP contribution < -0.4 is 10.6 Å². The minimum Gasteiger partial charge on any atom is -0.379 e. The molecule has 2 aliphatic rings. The van der Waals surface area contributed by atoms with E-state index < -0.39 is 0 Å². The van der Waals surface area contributed by atoms with Gasteiger partial charge in [0.2, 0.25) is 0 Å². The van der Waals surface area contributed by atoms with Crippen LogP contribution in [0.5, 0.6) is 0 Å². The van der Waals surface area contributed by atoms with Crippen molar-refractivity contribution in [3.63, 3.8) is 0 Å². The van der Waals surface area contributed by atoms with E-state index in [2.05, 4.69) is 85.7 Å². The van der Waals surface area contributed by atoms with Gasteiger partial charge in [0.15, 0.2) is 0 Å². The van der Waals surface area contributed by atoms with Crippen molar-refractivity contribution in [2.24, 2.45) is 0 Å². The largest absolute Gasteiger partial charge is 0.379 e. The van der Waals surface area contributed by atoms with E-state index in [0.29, 0.717) is 18.4 Å². The highest BCUT2D eigenvalue weighted by Gasteiger charge is 2.36. The van der Waals surface area contributed by atoms with Crippen LogP contribution in [0.2, 0.25) is 0 Å². The summed E-state index contributed by atoms with van der Waals surface area (Å²) in [7, 11) is 0. The van der Waals surface area contributed by atoms with Gasteiger partial charge in [0.25, 0.3) is 0 Å². The van der Waals surface area contributed by atoms with E-state index >= 15 is 0 Å². The van der Waals surface area contributed by atoms with Crippen molar-refractivity contribution in [2.45, 2.75) is 77.2 Å². The highest BCUT2D eigenvalue weighted by molar-refractivity contribution is 5.91. The first kappa shape index (κ1) is 25.7. The second-order valence-corrected chi connectivity index (χ2v) is 11.0. The van der Waals surface area contributed by atoms with Crippen LogP contribution in [0.1, 0.15) is 87.5 Å². The number of nitrogens with one attached hydrogen (secondary N) is 2. The average molecular weight is 478 g/mol. The molecule has 35 heavy (non-hydrogen) atoms. The Labute approximate surface area is 211 Å². The highest BCUT2D eigenvalue weighted by atomic mass is 16.5. The molecule has 1 saturated heterocycles. The molecule has 2 fully saturated rings. The Bertz CT molecular complexity index is 945. The van der Waals surface area contributed by atoms with E-state index in [9.17, 15) is 4.79 Å². The number of hydrogen-bond acceptors (Lipinski definition) is 3. The Kier molecular flexibility index (Phi) is 8.51. The molecule has 1 aliphatic heterocycles. The molecule has 1 saturated carbocycles. The number of amides is 2. The maximum atomic E-state index is 13.1. The van der Waals surface area contributed by atoms with Gasteiger partial charge in [-0.05, 0) is 46.9 Å². The fraction of sp³-hybridized carbons (Fsp3) is 0.567.